The van der Waals surface area contributed by atoms with Gasteiger partial charge < -0.3 is 9.15 Å². The molecule has 0 aliphatic heterocycles. The van der Waals surface area contributed by atoms with Gasteiger partial charge in [-0.2, -0.15) is 0 Å². The van der Waals surface area contributed by atoms with Crippen LogP contribution >= 0.6 is 27.7 Å². The predicted octanol–water partition coefficient (Wildman–Crippen LogP) is 3.93. The van der Waals surface area contributed by atoms with Gasteiger partial charge in [0, 0.05) is 10.0 Å². The fourth-order valence-electron chi connectivity index (χ4n) is 1.47. The molecule has 21 heavy (non-hydrogen) atoms. The Morgan fingerprint density at radius 3 is 2.81 bits per heavy atom. The van der Waals surface area contributed by atoms with Crippen LogP contribution in [0.4, 0.5) is 0 Å². The molecular weight excluding hydrogens is 356 g/mol. The van der Waals surface area contributed by atoms with Crippen molar-refractivity contribution in [3.63, 3.8) is 0 Å². The molecule has 7 heteroatoms. The minimum absolute atomic E-state index is 0.172. The van der Waals surface area contributed by atoms with Gasteiger partial charge in [0.15, 0.2) is 0 Å². The van der Waals surface area contributed by atoms with E-state index in [1.807, 2.05) is 31.2 Å². The summed E-state index contributed by atoms with van der Waals surface area (Å²) in [4.78, 5) is 11.5. The van der Waals surface area contributed by atoms with Crippen LogP contribution in [0.5, 0.6) is 0 Å². The summed E-state index contributed by atoms with van der Waals surface area (Å²) >= 11 is 4.55. The number of benzene rings is 1. The molecule has 0 saturated heterocycles. The molecule has 1 heterocycles. The van der Waals surface area contributed by atoms with Gasteiger partial charge in [0.1, 0.15) is 5.75 Å². The molecule has 2 aromatic rings. The van der Waals surface area contributed by atoms with E-state index in [4.69, 9.17) is 9.15 Å². The topological polar surface area (TPSA) is 65.2 Å². The van der Waals surface area contributed by atoms with Crippen molar-refractivity contribution in [1.82, 2.24) is 10.2 Å². The van der Waals surface area contributed by atoms with Gasteiger partial charge in [0.05, 0.1) is 6.61 Å². The molecule has 1 aromatic carbocycles. The lowest BCUT2D eigenvalue weighted by molar-refractivity contribution is -0.140. The number of aromatic nitrogens is 2. The normalized spacial score (nSPS) is 10.6. The van der Waals surface area contributed by atoms with Crippen LogP contribution in [-0.2, 0) is 9.53 Å². The Kier molecular flexibility index (Phi) is 6.25. The maximum atomic E-state index is 11.5. The molecule has 0 amide bonds. The van der Waals surface area contributed by atoms with Crippen molar-refractivity contribution >= 4 is 33.7 Å². The first kappa shape index (κ1) is 16.0. The number of halogens is 1. The molecule has 112 valence electrons. The Balaban J connectivity index is 1.86. The molecule has 0 saturated carbocycles. The molecule has 0 bridgehead atoms. The molecule has 0 fully saturated rings. The zero-order valence-electron chi connectivity index (χ0n) is 11.5. The number of thioether (sulfide) groups is 1. The second kappa shape index (κ2) is 8.19. The third kappa shape index (κ3) is 5.17. The third-order valence-electron chi connectivity index (χ3n) is 2.57. The number of carbonyl (C=O) groups excluding carboxylic acids is 1. The highest BCUT2D eigenvalue weighted by Crippen LogP contribution is 2.24. The maximum absolute atomic E-state index is 11.5. The lowest BCUT2D eigenvalue weighted by Gasteiger charge is -2.01. The van der Waals surface area contributed by atoms with Gasteiger partial charge in [-0.15, -0.1) is 10.2 Å². The molecule has 0 aliphatic rings. The van der Waals surface area contributed by atoms with Crippen molar-refractivity contribution in [1.29, 1.82) is 0 Å². The fourth-order valence-corrected chi connectivity index (χ4v) is 2.30. The highest BCUT2D eigenvalue weighted by molar-refractivity contribution is 9.10. The Bertz CT molecular complexity index is 586. The van der Waals surface area contributed by atoms with Crippen molar-refractivity contribution in [3.8, 4) is 11.5 Å². The second-order valence-electron chi connectivity index (χ2n) is 4.24. The van der Waals surface area contributed by atoms with Gasteiger partial charge in [-0.3, -0.25) is 4.79 Å². The molecule has 0 aliphatic carbocycles. The van der Waals surface area contributed by atoms with Gasteiger partial charge >= 0.3 is 5.97 Å². The Hall–Kier alpha value is -1.34. The van der Waals surface area contributed by atoms with Crippen LogP contribution < -0.4 is 0 Å². The molecule has 1 aromatic heterocycles. The van der Waals surface area contributed by atoms with Crippen molar-refractivity contribution in [3.05, 3.63) is 28.7 Å². The van der Waals surface area contributed by atoms with Crippen LogP contribution in [-0.4, -0.2) is 28.5 Å². The molecule has 5 nitrogen and oxygen atoms in total. The maximum Gasteiger partial charge on any atom is 0.316 e. The summed E-state index contributed by atoms with van der Waals surface area (Å²) in [6, 6.07) is 7.56. The van der Waals surface area contributed by atoms with Crippen LogP contribution in [0.15, 0.2) is 38.4 Å². The third-order valence-corrected chi connectivity index (χ3v) is 3.89. The number of carbonyl (C=O) groups is 1. The average Bonchev–Trinajstić information content (AvgIpc) is 2.95. The highest BCUT2D eigenvalue weighted by atomic mass is 79.9. The van der Waals surface area contributed by atoms with Crippen LogP contribution in [0.25, 0.3) is 11.5 Å². The minimum atomic E-state index is -0.267. The summed E-state index contributed by atoms with van der Waals surface area (Å²) in [5.74, 6) is 0.340. The molecule has 0 unspecified atom stereocenters. The van der Waals surface area contributed by atoms with E-state index >= 15 is 0 Å². The van der Waals surface area contributed by atoms with Gasteiger partial charge in [-0.05, 0) is 30.7 Å². The number of hydrogen-bond acceptors (Lipinski definition) is 6. The first-order valence-electron chi connectivity index (χ1n) is 6.57. The van der Waals surface area contributed by atoms with Crippen molar-refractivity contribution in [2.24, 2.45) is 0 Å². The molecule has 0 N–H and O–H groups in total. The number of nitrogens with zero attached hydrogens (tertiary/aromatic N) is 2. The molecular formula is C14H15BrN2O3S. The van der Waals surface area contributed by atoms with Gasteiger partial charge in [0.25, 0.3) is 5.22 Å². The van der Waals surface area contributed by atoms with Crippen molar-refractivity contribution in [2.75, 3.05) is 12.4 Å². The predicted molar refractivity (Wildman–Crippen MR) is 84.0 cm³/mol. The number of rotatable bonds is 7. The Morgan fingerprint density at radius 2 is 2.10 bits per heavy atom. The number of hydrogen-bond donors (Lipinski definition) is 0. The zero-order valence-corrected chi connectivity index (χ0v) is 13.9. The largest absolute Gasteiger partial charge is 0.465 e. The van der Waals surface area contributed by atoms with Crippen molar-refractivity contribution in [2.45, 2.75) is 25.0 Å². The van der Waals surface area contributed by atoms with Crippen LogP contribution in [0.1, 0.15) is 19.8 Å². The lowest BCUT2D eigenvalue weighted by atomic mass is 10.2. The Morgan fingerprint density at radius 1 is 1.33 bits per heavy atom. The van der Waals surface area contributed by atoms with E-state index in [0.717, 1.165) is 22.9 Å². The van der Waals surface area contributed by atoms with Crippen LogP contribution in [0.2, 0.25) is 0 Å². The average molecular weight is 371 g/mol. The molecule has 0 atom stereocenters. The number of unbranched alkanes of at least 4 members (excludes halogenated alkanes) is 1. The van der Waals surface area contributed by atoms with Crippen LogP contribution in [0, 0.1) is 0 Å². The lowest BCUT2D eigenvalue weighted by Crippen LogP contribution is -2.08. The SMILES string of the molecule is CCCCOC(=O)CSc1nnc(-c2ccc(Br)cc2)o1. The van der Waals surface area contributed by atoms with E-state index in [1.54, 1.807) is 0 Å². The monoisotopic (exact) mass is 370 g/mol. The van der Waals surface area contributed by atoms with E-state index in [1.165, 1.54) is 11.8 Å². The van der Waals surface area contributed by atoms with Gasteiger partial charge in [-0.25, -0.2) is 0 Å². The number of ether oxygens (including phenoxy) is 1. The van der Waals surface area contributed by atoms with Gasteiger partial charge in [0.2, 0.25) is 5.89 Å². The number of esters is 1. The van der Waals surface area contributed by atoms with E-state index in [0.29, 0.717) is 17.7 Å². The van der Waals surface area contributed by atoms with E-state index < -0.39 is 0 Å². The van der Waals surface area contributed by atoms with E-state index in [2.05, 4.69) is 26.1 Å². The minimum Gasteiger partial charge on any atom is -0.465 e. The first-order valence-corrected chi connectivity index (χ1v) is 8.34. The zero-order chi connectivity index (χ0) is 15.1. The highest BCUT2D eigenvalue weighted by Gasteiger charge is 2.11. The standard InChI is InChI=1S/C14H15BrN2O3S/c1-2-3-8-19-12(18)9-21-14-17-16-13(20-14)10-4-6-11(15)7-5-10/h4-7H,2-3,8-9H2,1H3. The van der Waals surface area contributed by atoms with E-state index in [9.17, 15) is 4.79 Å². The second-order valence-corrected chi connectivity index (χ2v) is 6.08. The Labute approximate surface area is 135 Å². The summed E-state index contributed by atoms with van der Waals surface area (Å²) < 4.78 is 11.5. The van der Waals surface area contributed by atoms with Crippen molar-refractivity contribution < 1.29 is 13.9 Å². The molecule has 0 spiro atoms. The fraction of sp³-hybridized carbons (Fsp3) is 0.357. The smallest absolute Gasteiger partial charge is 0.316 e. The molecule has 2 rings (SSSR count). The summed E-state index contributed by atoms with van der Waals surface area (Å²) in [6.07, 6.45) is 1.88. The summed E-state index contributed by atoms with van der Waals surface area (Å²) in [6.45, 7) is 2.51. The summed E-state index contributed by atoms with van der Waals surface area (Å²) in [5, 5.41) is 8.24. The summed E-state index contributed by atoms with van der Waals surface area (Å²) in [7, 11) is 0. The van der Waals surface area contributed by atoms with Crippen LogP contribution in [0.3, 0.4) is 0 Å². The van der Waals surface area contributed by atoms with E-state index in [-0.39, 0.29) is 11.7 Å². The quantitative estimate of drug-likeness (QED) is 0.417. The van der Waals surface area contributed by atoms with Gasteiger partial charge in [-0.1, -0.05) is 41.0 Å². The summed E-state index contributed by atoms with van der Waals surface area (Å²) in [5.41, 5.74) is 0.836. The molecule has 0 radical (unpaired) electrons. The first-order chi connectivity index (χ1) is 10.2.